The van der Waals surface area contributed by atoms with Crippen LogP contribution in [0.1, 0.15) is 19.4 Å². The van der Waals surface area contributed by atoms with E-state index < -0.39 is 12.0 Å². The minimum atomic E-state index is -0.687. The van der Waals surface area contributed by atoms with E-state index in [0.717, 1.165) is 16.3 Å². The average Bonchev–Trinajstić information content (AvgIpc) is 2.81. The minimum absolute atomic E-state index is 0.104. The number of amides is 2. The highest BCUT2D eigenvalue weighted by molar-refractivity contribution is 5.97. The van der Waals surface area contributed by atoms with Crippen LogP contribution in [0.25, 0.3) is 10.8 Å². The van der Waals surface area contributed by atoms with Crippen LogP contribution in [-0.4, -0.2) is 37.5 Å². The molecule has 7 heteroatoms. The highest BCUT2D eigenvalue weighted by Gasteiger charge is 2.24. The maximum absolute atomic E-state index is 12.8. The lowest BCUT2D eigenvalue weighted by Gasteiger charge is -2.22. The van der Waals surface area contributed by atoms with Crippen LogP contribution < -0.4 is 15.4 Å². The molecule has 172 valence electrons. The molecule has 7 nitrogen and oxygen atoms in total. The Balaban J connectivity index is 1.58. The molecule has 0 aliphatic heterocycles. The normalized spacial score (nSPS) is 11.6. The van der Waals surface area contributed by atoms with Crippen LogP contribution in [-0.2, 0) is 25.5 Å². The van der Waals surface area contributed by atoms with Crippen LogP contribution in [0.15, 0.2) is 66.7 Å². The van der Waals surface area contributed by atoms with Gasteiger partial charge < -0.3 is 20.1 Å². The second-order valence-electron chi connectivity index (χ2n) is 8.03. The summed E-state index contributed by atoms with van der Waals surface area (Å²) >= 11 is 0. The molecule has 0 aliphatic carbocycles. The molecule has 2 amide bonds. The molecule has 0 heterocycles. The fraction of sp³-hybridized carbons (Fsp3) is 0.269. The lowest BCUT2D eigenvalue weighted by Crippen LogP contribution is -2.47. The highest BCUT2D eigenvalue weighted by atomic mass is 16.6. The number of hydrogen-bond donors (Lipinski definition) is 2. The largest absolute Gasteiger partial charge is 0.482 e. The lowest BCUT2D eigenvalue weighted by molar-refractivity contribution is -0.142. The van der Waals surface area contributed by atoms with Crippen LogP contribution in [0.2, 0.25) is 0 Å². The molecule has 3 aromatic carbocycles. The van der Waals surface area contributed by atoms with Crippen molar-refractivity contribution in [2.45, 2.75) is 26.3 Å². The number of benzene rings is 3. The van der Waals surface area contributed by atoms with Crippen molar-refractivity contribution in [3.05, 3.63) is 72.3 Å². The Hall–Kier alpha value is -3.87. The van der Waals surface area contributed by atoms with E-state index in [0.29, 0.717) is 11.4 Å². The Labute approximate surface area is 193 Å². The number of esters is 1. The Bertz CT molecular complexity index is 1120. The van der Waals surface area contributed by atoms with Gasteiger partial charge in [-0.05, 0) is 46.5 Å². The van der Waals surface area contributed by atoms with Crippen molar-refractivity contribution < 1.29 is 23.9 Å². The van der Waals surface area contributed by atoms with Crippen molar-refractivity contribution >= 4 is 34.2 Å². The summed E-state index contributed by atoms with van der Waals surface area (Å²) in [5.74, 6) is -0.631. The number of rotatable bonds is 9. The molecule has 0 radical (unpaired) electrons. The summed E-state index contributed by atoms with van der Waals surface area (Å²) in [6, 6.07) is 19.8. The average molecular weight is 449 g/mol. The van der Waals surface area contributed by atoms with Gasteiger partial charge in [-0.1, -0.05) is 56.3 Å². The molecule has 33 heavy (non-hydrogen) atoms. The van der Waals surface area contributed by atoms with Gasteiger partial charge in [0.15, 0.2) is 6.61 Å². The molecule has 0 fully saturated rings. The number of nitrogens with one attached hydrogen (secondary N) is 2. The summed E-state index contributed by atoms with van der Waals surface area (Å²) in [6.45, 7) is 3.56. The van der Waals surface area contributed by atoms with Gasteiger partial charge in [-0.25, -0.2) is 4.79 Å². The van der Waals surface area contributed by atoms with E-state index in [9.17, 15) is 14.4 Å². The summed E-state index contributed by atoms with van der Waals surface area (Å²) in [6.07, 6.45) is 0.188. The van der Waals surface area contributed by atoms with Crippen LogP contribution in [0, 0.1) is 5.92 Å². The first-order valence-corrected chi connectivity index (χ1v) is 10.7. The summed E-state index contributed by atoms with van der Waals surface area (Å²) in [5, 5.41) is 7.86. The molecular formula is C26H28N2O5. The van der Waals surface area contributed by atoms with Crippen molar-refractivity contribution in [2.75, 3.05) is 19.0 Å². The number of carbonyl (C=O) groups excluding carboxylic acids is 3. The van der Waals surface area contributed by atoms with Crippen LogP contribution in [0.3, 0.4) is 0 Å². The SMILES string of the molecule is COC(=O)COc1ccc(NC(=O)C(NC(=O)Cc2ccc3ccccc3c2)C(C)C)cc1. The topological polar surface area (TPSA) is 93.7 Å². The van der Waals surface area contributed by atoms with E-state index in [-0.39, 0.29) is 30.8 Å². The van der Waals surface area contributed by atoms with Crippen LogP contribution >= 0.6 is 0 Å². The van der Waals surface area contributed by atoms with Crippen LogP contribution in [0.4, 0.5) is 5.69 Å². The molecular weight excluding hydrogens is 420 g/mol. The zero-order valence-electron chi connectivity index (χ0n) is 19.0. The fourth-order valence-electron chi connectivity index (χ4n) is 3.35. The third-order valence-corrected chi connectivity index (χ3v) is 5.15. The van der Waals surface area contributed by atoms with Crippen molar-refractivity contribution in [3.8, 4) is 5.75 Å². The van der Waals surface area contributed by atoms with Crippen molar-refractivity contribution in [2.24, 2.45) is 5.92 Å². The first kappa shape index (κ1) is 23.8. The summed E-state index contributed by atoms with van der Waals surface area (Å²) in [7, 11) is 1.29. The summed E-state index contributed by atoms with van der Waals surface area (Å²) < 4.78 is 9.83. The van der Waals surface area contributed by atoms with Gasteiger partial charge in [0.25, 0.3) is 0 Å². The number of methoxy groups -OCH3 is 1. The van der Waals surface area contributed by atoms with Crippen LogP contribution in [0.5, 0.6) is 5.75 Å². The van der Waals surface area contributed by atoms with Gasteiger partial charge in [0.2, 0.25) is 11.8 Å². The van der Waals surface area contributed by atoms with Gasteiger partial charge in [-0.2, -0.15) is 0 Å². The smallest absolute Gasteiger partial charge is 0.343 e. The van der Waals surface area contributed by atoms with Crippen molar-refractivity contribution in [1.82, 2.24) is 5.32 Å². The molecule has 0 saturated heterocycles. The molecule has 0 bridgehead atoms. The predicted molar refractivity (Wildman–Crippen MR) is 127 cm³/mol. The zero-order valence-corrected chi connectivity index (χ0v) is 19.0. The van der Waals surface area contributed by atoms with Crippen molar-refractivity contribution in [3.63, 3.8) is 0 Å². The molecule has 0 aliphatic rings. The summed E-state index contributed by atoms with van der Waals surface area (Å²) in [4.78, 5) is 36.7. The van der Waals surface area contributed by atoms with Gasteiger partial charge in [-0.15, -0.1) is 0 Å². The second kappa shape index (κ2) is 11.1. The zero-order chi connectivity index (χ0) is 23.8. The molecule has 3 aromatic rings. The van der Waals surface area contributed by atoms with Gasteiger partial charge >= 0.3 is 5.97 Å². The van der Waals surface area contributed by atoms with Gasteiger partial charge in [0.05, 0.1) is 13.5 Å². The highest BCUT2D eigenvalue weighted by Crippen LogP contribution is 2.18. The number of hydrogen-bond acceptors (Lipinski definition) is 5. The molecule has 2 N–H and O–H groups in total. The molecule has 0 spiro atoms. The van der Waals surface area contributed by atoms with Gasteiger partial charge in [-0.3, -0.25) is 9.59 Å². The van der Waals surface area contributed by atoms with E-state index in [1.165, 1.54) is 7.11 Å². The minimum Gasteiger partial charge on any atom is -0.482 e. The van der Waals surface area contributed by atoms with E-state index in [1.54, 1.807) is 24.3 Å². The van der Waals surface area contributed by atoms with E-state index in [4.69, 9.17) is 4.74 Å². The second-order valence-corrected chi connectivity index (χ2v) is 8.03. The Morgan fingerprint density at radius 1 is 0.909 bits per heavy atom. The van der Waals surface area contributed by atoms with Gasteiger partial charge in [0.1, 0.15) is 11.8 Å². The standard InChI is InChI=1S/C26H28N2O5/c1-17(2)25(26(31)27-21-10-12-22(13-11-21)33-16-24(30)32-3)28-23(29)15-18-8-9-19-6-4-5-7-20(19)14-18/h4-14,17,25H,15-16H2,1-3H3,(H,27,31)(H,28,29). The molecule has 3 rings (SSSR count). The Kier molecular flexibility index (Phi) is 8.02. The van der Waals surface area contributed by atoms with E-state index in [1.807, 2.05) is 56.3 Å². The van der Waals surface area contributed by atoms with E-state index >= 15 is 0 Å². The number of fused-ring (bicyclic) bond motifs is 1. The summed E-state index contributed by atoms with van der Waals surface area (Å²) in [5.41, 5.74) is 1.44. The maximum Gasteiger partial charge on any atom is 0.343 e. The number of carbonyl (C=O) groups is 3. The molecule has 0 saturated carbocycles. The monoisotopic (exact) mass is 448 g/mol. The Morgan fingerprint density at radius 3 is 2.27 bits per heavy atom. The molecule has 1 unspecified atom stereocenters. The predicted octanol–water partition coefficient (Wildman–Crippen LogP) is 3.71. The first-order valence-electron chi connectivity index (χ1n) is 10.7. The lowest BCUT2D eigenvalue weighted by atomic mass is 10.0. The molecule has 1 atom stereocenters. The Morgan fingerprint density at radius 2 is 1.61 bits per heavy atom. The fourth-order valence-corrected chi connectivity index (χ4v) is 3.35. The number of ether oxygens (including phenoxy) is 2. The third kappa shape index (κ3) is 6.80. The van der Waals surface area contributed by atoms with E-state index in [2.05, 4.69) is 15.4 Å². The third-order valence-electron chi connectivity index (χ3n) is 5.15. The first-order chi connectivity index (χ1) is 15.9. The molecule has 0 aromatic heterocycles. The quantitative estimate of drug-likeness (QED) is 0.487. The van der Waals surface area contributed by atoms with Crippen molar-refractivity contribution in [1.29, 1.82) is 0 Å². The number of anilines is 1. The van der Waals surface area contributed by atoms with Gasteiger partial charge in [0, 0.05) is 5.69 Å². The maximum atomic E-state index is 12.8.